The Morgan fingerprint density at radius 3 is 2.30 bits per heavy atom. The van der Waals surface area contributed by atoms with Crippen LogP contribution in [-0.2, 0) is 19.9 Å². The van der Waals surface area contributed by atoms with E-state index < -0.39 is 17.2 Å². The molecule has 0 bridgehead atoms. The second kappa shape index (κ2) is 9.01. The fourth-order valence-corrected chi connectivity index (χ4v) is 3.07. The number of carbonyl (C=O) groups excluding carboxylic acids is 1. The fraction of sp³-hybridized carbons (Fsp3) is 0.375. The molecule has 0 radical (unpaired) electrons. The van der Waals surface area contributed by atoms with Gasteiger partial charge in [0.25, 0.3) is 0 Å². The summed E-state index contributed by atoms with van der Waals surface area (Å²) in [4.78, 5) is 11.5. The highest BCUT2D eigenvalue weighted by molar-refractivity contribution is 5.81. The maximum absolute atomic E-state index is 11.5. The molecular formula is C24H30O3. The van der Waals surface area contributed by atoms with E-state index in [1.165, 1.54) is 22.8 Å². The summed E-state index contributed by atoms with van der Waals surface area (Å²) in [5, 5.41) is 0. The van der Waals surface area contributed by atoms with Gasteiger partial charge in [-0.15, -0.1) is 0 Å². The van der Waals surface area contributed by atoms with Crippen LogP contribution in [0.25, 0.3) is 11.1 Å². The monoisotopic (exact) mass is 366 g/mol. The summed E-state index contributed by atoms with van der Waals surface area (Å²) in [6, 6.07) is 18.7. The summed E-state index contributed by atoms with van der Waals surface area (Å²) in [5.41, 5.74) is 2.50. The number of ether oxygens (including phenoxy) is 2. The van der Waals surface area contributed by atoms with Gasteiger partial charge in [0.15, 0.2) is 0 Å². The first-order chi connectivity index (χ1) is 12.8. The van der Waals surface area contributed by atoms with Crippen molar-refractivity contribution in [1.29, 1.82) is 0 Å². The highest BCUT2D eigenvalue weighted by Crippen LogP contribution is 2.37. The molecule has 0 fully saturated rings. The van der Waals surface area contributed by atoms with E-state index in [-0.39, 0.29) is 0 Å². The Balaban J connectivity index is 2.18. The molecule has 0 aromatic heterocycles. The van der Waals surface area contributed by atoms with Crippen LogP contribution in [0, 0.1) is 0 Å². The number of rotatable bonds is 9. The van der Waals surface area contributed by atoms with Crippen molar-refractivity contribution in [2.24, 2.45) is 0 Å². The average molecular weight is 367 g/mol. The standard InChI is InChI=1S/C24H30O3/c1-6-22(25)27-23(3,4)17-18-26-24(5,7-2)21-16-12-11-15-20(21)19-13-9-8-10-14-19/h6,8-16H,1,7,17-18H2,2-5H3. The van der Waals surface area contributed by atoms with Crippen LogP contribution in [0.1, 0.15) is 46.1 Å². The molecule has 0 heterocycles. The molecule has 144 valence electrons. The van der Waals surface area contributed by atoms with Crippen LogP contribution < -0.4 is 0 Å². The molecule has 0 aliphatic heterocycles. The van der Waals surface area contributed by atoms with E-state index in [2.05, 4.69) is 56.8 Å². The van der Waals surface area contributed by atoms with E-state index in [0.29, 0.717) is 13.0 Å². The minimum Gasteiger partial charge on any atom is -0.456 e. The highest BCUT2D eigenvalue weighted by Gasteiger charge is 2.30. The molecular weight excluding hydrogens is 336 g/mol. The van der Waals surface area contributed by atoms with Crippen molar-refractivity contribution >= 4 is 5.97 Å². The Bertz CT molecular complexity index is 764. The molecule has 2 aromatic rings. The lowest BCUT2D eigenvalue weighted by atomic mass is 9.86. The zero-order valence-electron chi connectivity index (χ0n) is 16.8. The van der Waals surface area contributed by atoms with Gasteiger partial charge in [-0.05, 0) is 43.9 Å². The maximum atomic E-state index is 11.5. The van der Waals surface area contributed by atoms with Crippen molar-refractivity contribution in [2.45, 2.75) is 51.7 Å². The fourth-order valence-electron chi connectivity index (χ4n) is 3.07. The molecule has 1 atom stereocenters. The zero-order chi connectivity index (χ0) is 19.9. The van der Waals surface area contributed by atoms with E-state index in [4.69, 9.17) is 9.47 Å². The lowest BCUT2D eigenvalue weighted by molar-refractivity contribution is -0.153. The van der Waals surface area contributed by atoms with Gasteiger partial charge in [0, 0.05) is 12.5 Å². The van der Waals surface area contributed by atoms with E-state index in [1.807, 2.05) is 32.0 Å². The van der Waals surface area contributed by atoms with Gasteiger partial charge in [-0.25, -0.2) is 4.79 Å². The summed E-state index contributed by atoms with van der Waals surface area (Å²) in [5.74, 6) is -0.410. The Labute approximate surface area is 163 Å². The molecule has 0 aliphatic carbocycles. The van der Waals surface area contributed by atoms with Gasteiger partial charge in [-0.1, -0.05) is 68.1 Å². The molecule has 2 rings (SSSR count). The third-order valence-electron chi connectivity index (χ3n) is 4.92. The van der Waals surface area contributed by atoms with Crippen molar-refractivity contribution in [3.8, 4) is 11.1 Å². The zero-order valence-corrected chi connectivity index (χ0v) is 16.8. The third kappa shape index (κ3) is 5.54. The molecule has 1 unspecified atom stereocenters. The minimum atomic E-state index is -0.598. The maximum Gasteiger partial charge on any atom is 0.330 e. The first kappa shape index (κ1) is 20.9. The van der Waals surface area contributed by atoms with Crippen LogP contribution in [0.3, 0.4) is 0 Å². The van der Waals surface area contributed by atoms with Crippen molar-refractivity contribution in [1.82, 2.24) is 0 Å². The Morgan fingerprint density at radius 2 is 1.67 bits per heavy atom. The molecule has 0 saturated heterocycles. The molecule has 2 aromatic carbocycles. The van der Waals surface area contributed by atoms with Gasteiger partial charge < -0.3 is 9.47 Å². The van der Waals surface area contributed by atoms with Crippen molar-refractivity contribution in [2.75, 3.05) is 6.61 Å². The molecule has 0 amide bonds. The first-order valence-corrected chi connectivity index (χ1v) is 9.45. The second-order valence-electron chi connectivity index (χ2n) is 7.48. The number of hydrogen-bond donors (Lipinski definition) is 0. The smallest absolute Gasteiger partial charge is 0.330 e. The molecule has 3 heteroatoms. The summed E-state index contributed by atoms with van der Waals surface area (Å²) < 4.78 is 11.8. The van der Waals surface area contributed by atoms with Gasteiger partial charge in [-0.3, -0.25) is 0 Å². The van der Waals surface area contributed by atoms with Gasteiger partial charge >= 0.3 is 5.97 Å². The van der Waals surface area contributed by atoms with Crippen LogP contribution in [0.5, 0.6) is 0 Å². The normalized spacial score (nSPS) is 13.6. The summed E-state index contributed by atoms with van der Waals surface area (Å²) in [6.07, 6.45) is 2.63. The minimum absolute atomic E-state index is 0.410. The number of carbonyl (C=O) groups is 1. The third-order valence-corrected chi connectivity index (χ3v) is 4.92. The molecule has 0 N–H and O–H groups in total. The Kier molecular flexibility index (Phi) is 6.98. The van der Waals surface area contributed by atoms with Crippen molar-refractivity contribution in [3.63, 3.8) is 0 Å². The van der Waals surface area contributed by atoms with Crippen LogP contribution in [0.4, 0.5) is 0 Å². The quantitative estimate of drug-likeness (QED) is 0.410. The number of esters is 1. The molecule has 3 nitrogen and oxygen atoms in total. The predicted molar refractivity (Wildman–Crippen MR) is 110 cm³/mol. The summed E-state index contributed by atoms with van der Waals surface area (Å²) in [7, 11) is 0. The van der Waals surface area contributed by atoms with E-state index in [0.717, 1.165) is 6.42 Å². The number of benzene rings is 2. The summed E-state index contributed by atoms with van der Waals surface area (Å²) >= 11 is 0. The van der Waals surface area contributed by atoms with Gasteiger partial charge in [0.1, 0.15) is 5.60 Å². The summed E-state index contributed by atoms with van der Waals surface area (Å²) in [6.45, 7) is 12.0. The van der Waals surface area contributed by atoms with Gasteiger partial charge in [0.05, 0.1) is 12.2 Å². The van der Waals surface area contributed by atoms with Crippen molar-refractivity contribution < 1.29 is 14.3 Å². The van der Waals surface area contributed by atoms with Crippen molar-refractivity contribution in [3.05, 3.63) is 72.8 Å². The highest BCUT2D eigenvalue weighted by atomic mass is 16.6. The molecule has 27 heavy (non-hydrogen) atoms. The Hall–Kier alpha value is -2.39. The predicted octanol–water partition coefficient (Wildman–Crippen LogP) is 5.89. The number of hydrogen-bond acceptors (Lipinski definition) is 3. The van der Waals surface area contributed by atoms with Crippen LogP contribution >= 0.6 is 0 Å². The SMILES string of the molecule is C=CC(=O)OC(C)(C)CCOC(C)(CC)c1ccccc1-c1ccccc1. The largest absolute Gasteiger partial charge is 0.456 e. The van der Waals surface area contributed by atoms with Crippen LogP contribution in [0.15, 0.2) is 67.3 Å². The molecule has 0 saturated carbocycles. The van der Waals surface area contributed by atoms with Gasteiger partial charge in [0.2, 0.25) is 0 Å². The second-order valence-corrected chi connectivity index (χ2v) is 7.48. The topological polar surface area (TPSA) is 35.5 Å². The van der Waals surface area contributed by atoms with Crippen LogP contribution in [0.2, 0.25) is 0 Å². The van der Waals surface area contributed by atoms with Gasteiger partial charge in [-0.2, -0.15) is 0 Å². The lowest BCUT2D eigenvalue weighted by Crippen LogP contribution is -2.32. The van der Waals surface area contributed by atoms with Crippen LogP contribution in [-0.4, -0.2) is 18.2 Å². The first-order valence-electron chi connectivity index (χ1n) is 9.45. The Morgan fingerprint density at radius 1 is 1.04 bits per heavy atom. The van der Waals surface area contributed by atoms with E-state index in [1.54, 1.807) is 0 Å². The molecule has 0 aliphatic rings. The lowest BCUT2D eigenvalue weighted by Gasteiger charge is -2.33. The van der Waals surface area contributed by atoms with E-state index in [9.17, 15) is 4.79 Å². The van der Waals surface area contributed by atoms with E-state index >= 15 is 0 Å². The average Bonchev–Trinajstić information content (AvgIpc) is 2.68. The molecule has 0 spiro atoms.